The molecule has 0 bridgehead atoms. The highest BCUT2D eigenvalue weighted by Gasteiger charge is 2.20. The minimum Gasteiger partial charge on any atom is -0.618 e. The largest absolute Gasteiger partial charge is 0.618 e. The minimum absolute atomic E-state index is 0.0456. The molecule has 2 N–H and O–H groups in total. The molecule has 0 saturated heterocycles. The number of rotatable bonds is 3. The van der Waals surface area contributed by atoms with Gasteiger partial charge in [0.1, 0.15) is 16.9 Å². The maximum absolute atomic E-state index is 12.1. The van der Waals surface area contributed by atoms with Gasteiger partial charge in [0.25, 0.3) is 0 Å². The molecule has 2 heterocycles. The summed E-state index contributed by atoms with van der Waals surface area (Å²) in [6, 6.07) is 4.75. The molecule has 0 radical (unpaired) electrons. The standard InChI is InChI=1S/C14H12ClN5O3/c1-2-23-14(21)9-6-17-20(13(9)16)12-7-19(22)11-5-8(15)3-4-10(11)18-12/h3-7H,2,16H2,1H3. The predicted molar refractivity (Wildman–Crippen MR) is 83.2 cm³/mol. The number of nitrogen functional groups attached to an aromatic ring is 1. The van der Waals surface area contributed by atoms with E-state index in [1.165, 1.54) is 23.1 Å². The zero-order chi connectivity index (χ0) is 16.6. The van der Waals surface area contributed by atoms with Gasteiger partial charge in [0.05, 0.1) is 12.8 Å². The molecule has 9 heteroatoms. The van der Waals surface area contributed by atoms with Crippen LogP contribution >= 0.6 is 11.6 Å². The smallest absolute Gasteiger partial charge is 0.343 e. The fourth-order valence-electron chi connectivity index (χ4n) is 2.10. The number of hydrogen-bond acceptors (Lipinski definition) is 6. The highest BCUT2D eigenvalue weighted by Crippen LogP contribution is 2.19. The van der Waals surface area contributed by atoms with E-state index in [0.29, 0.717) is 20.8 Å². The molecule has 0 fully saturated rings. The van der Waals surface area contributed by atoms with E-state index in [2.05, 4.69) is 10.1 Å². The van der Waals surface area contributed by atoms with Crippen LogP contribution in [0.15, 0.2) is 30.6 Å². The van der Waals surface area contributed by atoms with Gasteiger partial charge in [-0.25, -0.2) is 9.78 Å². The summed E-state index contributed by atoms with van der Waals surface area (Å²) >= 11 is 5.87. The monoisotopic (exact) mass is 333 g/mol. The number of carbonyl (C=O) groups excluding carboxylic acids is 1. The van der Waals surface area contributed by atoms with E-state index in [0.717, 1.165) is 0 Å². The third-order valence-corrected chi connectivity index (χ3v) is 3.40. The number of anilines is 1. The van der Waals surface area contributed by atoms with Gasteiger partial charge in [-0.05, 0) is 19.1 Å². The van der Waals surface area contributed by atoms with Gasteiger partial charge in [-0.2, -0.15) is 14.5 Å². The Bertz CT molecular complexity index is 909. The summed E-state index contributed by atoms with van der Waals surface area (Å²) in [7, 11) is 0. The fraction of sp³-hybridized carbons (Fsp3) is 0.143. The molecule has 0 aliphatic rings. The lowest BCUT2D eigenvalue weighted by molar-refractivity contribution is -0.577. The summed E-state index contributed by atoms with van der Waals surface area (Å²) in [4.78, 5) is 16.1. The molecule has 0 unspecified atom stereocenters. The van der Waals surface area contributed by atoms with Crippen LogP contribution in [0, 0.1) is 5.21 Å². The van der Waals surface area contributed by atoms with Crippen LogP contribution in [0.1, 0.15) is 17.3 Å². The first-order chi connectivity index (χ1) is 11.0. The zero-order valence-electron chi connectivity index (χ0n) is 12.1. The van der Waals surface area contributed by atoms with Gasteiger partial charge in [0, 0.05) is 11.1 Å². The summed E-state index contributed by atoms with van der Waals surface area (Å²) in [6.07, 6.45) is 2.48. The second kappa shape index (κ2) is 5.73. The molecule has 3 rings (SSSR count). The Morgan fingerprint density at radius 3 is 3.04 bits per heavy atom. The van der Waals surface area contributed by atoms with Crippen LogP contribution in [-0.2, 0) is 4.74 Å². The Morgan fingerprint density at radius 1 is 1.52 bits per heavy atom. The number of carbonyl (C=O) groups is 1. The molecular weight excluding hydrogens is 322 g/mol. The maximum Gasteiger partial charge on any atom is 0.343 e. The molecule has 1 aromatic carbocycles. The van der Waals surface area contributed by atoms with Gasteiger partial charge in [0.15, 0.2) is 0 Å². The topological polar surface area (TPSA) is 110 Å². The molecule has 0 amide bonds. The van der Waals surface area contributed by atoms with Crippen molar-refractivity contribution in [1.82, 2.24) is 14.8 Å². The SMILES string of the molecule is CCOC(=O)c1cnn(-c2c[n+]([O-])c3cc(Cl)ccc3n2)c1N. The van der Waals surface area contributed by atoms with Gasteiger partial charge in [-0.3, -0.25) is 0 Å². The predicted octanol–water partition coefficient (Wildman–Crippen LogP) is 1.47. The van der Waals surface area contributed by atoms with E-state index in [1.807, 2.05) is 0 Å². The van der Waals surface area contributed by atoms with Crippen LogP contribution in [0.25, 0.3) is 16.9 Å². The molecule has 3 aromatic rings. The van der Waals surface area contributed by atoms with Crippen LogP contribution in [0.5, 0.6) is 0 Å². The molecule has 0 saturated carbocycles. The van der Waals surface area contributed by atoms with Crippen molar-refractivity contribution in [2.45, 2.75) is 6.92 Å². The van der Waals surface area contributed by atoms with Gasteiger partial charge in [0.2, 0.25) is 17.5 Å². The molecule has 0 aliphatic heterocycles. The molecular formula is C14H12ClN5O3. The number of halogens is 1. The number of ether oxygens (including phenoxy) is 1. The van der Waals surface area contributed by atoms with Gasteiger partial charge >= 0.3 is 5.97 Å². The summed E-state index contributed by atoms with van der Waals surface area (Å²) < 4.78 is 6.71. The highest BCUT2D eigenvalue weighted by atomic mass is 35.5. The first-order valence-electron chi connectivity index (χ1n) is 6.71. The Balaban J connectivity index is 2.11. The van der Waals surface area contributed by atoms with E-state index in [4.69, 9.17) is 22.1 Å². The molecule has 23 heavy (non-hydrogen) atoms. The second-order valence-electron chi connectivity index (χ2n) is 4.63. The first-order valence-corrected chi connectivity index (χ1v) is 7.09. The van der Waals surface area contributed by atoms with Crippen molar-refractivity contribution in [3.63, 3.8) is 0 Å². The van der Waals surface area contributed by atoms with E-state index >= 15 is 0 Å². The minimum atomic E-state index is -0.584. The molecule has 0 aliphatic carbocycles. The zero-order valence-corrected chi connectivity index (χ0v) is 12.8. The van der Waals surface area contributed by atoms with Crippen LogP contribution in [0.2, 0.25) is 5.02 Å². The van der Waals surface area contributed by atoms with Crippen molar-refractivity contribution < 1.29 is 14.3 Å². The lowest BCUT2D eigenvalue weighted by Crippen LogP contribution is -2.28. The number of nitrogens with zero attached hydrogens (tertiary/aromatic N) is 4. The number of nitrogens with two attached hydrogens (primary N) is 1. The fourth-order valence-corrected chi connectivity index (χ4v) is 2.27. The summed E-state index contributed by atoms with van der Waals surface area (Å²) in [5.41, 5.74) is 6.77. The quantitative estimate of drug-likeness (QED) is 0.441. The van der Waals surface area contributed by atoms with E-state index in [-0.39, 0.29) is 23.8 Å². The van der Waals surface area contributed by atoms with Crippen LogP contribution in [-0.4, -0.2) is 27.3 Å². The Labute approximate surface area is 135 Å². The number of hydrogen-bond donors (Lipinski definition) is 1. The number of esters is 1. The summed E-state index contributed by atoms with van der Waals surface area (Å²) in [5, 5.41) is 16.6. The van der Waals surface area contributed by atoms with Crippen LogP contribution in [0.3, 0.4) is 0 Å². The molecule has 0 atom stereocenters. The van der Waals surface area contributed by atoms with E-state index < -0.39 is 5.97 Å². The Kier molecular flexibility index (Phi) is 3.75. The molecule has 8 nitrogen and oxygen atoms in total. The average molecular weight is 334 g/mol. The van der Waals surface area contributed by atoms with Crippen molar-refractivity contribution in [1.29, 1.82) is 0 Å². The second-order valence-corrected chi connectivity index (χ2v) is 5.07. The third kappa shape index (κ3) is 2.64. The van der Waals surface area contributed by atoms with Crippen LogP contribution < -0.4 is 10.5 Å². The lowest BCUT2D eigenvalue weighted by Gasteiger charge is -2.07. The van der Waals surface area contributed by atoms with Gasteiger partial charge in [-0.15, -0.1) is 0 Å². The van der Waals surface area contributed by atoms with Crippen LogP contribution in [0.4, 0.5) is 5.82 Å². The highest BCUT2D eigenvalue weighted by molar-refractivity contribution is 6.31. The van der Waals surface area contributed by atoms with Crippen molar-refractivity contribution in [2.75, 3.05) is 12.3 Å². The van der Waals surface area contributed by atoms with Gasteiger partial charge in [-0.1, -0.05) is 11.6 Å². The molecule has 2 aromatic heterocycles. The maximum atomic E-state index is 12.1. The average Bonchev–Trinajstić information content (AvgIpc) is 2.90. The Hall–Kier alpha value is -2.87. The first kappa shape index (κ1) is 15.0. The van der Waals surface area contributed by atoms with Crippen molar-refractivity contribution >= 4 is 34.4 Å². The third-order valence-electron chi connectivity index (χ3n) is 3.16. The number of aromatic nitrogens is 4. The molecule has 0 spiro atoms. The number of fused-ring (bicyclic) bond motifs is 1. The van der Waals surface area contributed by atoms with Crippen molar-refractivity contribution in [3.05, 3.63) is 46.4 Å². The lowest BCUT2D eigenvalue weighted by atomic mass is 10.3. The molecule has 118 valence electrons. The summed E-state index contributed by atoms with van der Waals surface area (Å²) in [6.45, 7) is 1.91. The Morgan fingerprint density at radius 2 is 2.30 bits per heavy atom. The van der Waals surface area contributed by atoms with Crippen molar-refractivity contribution in [3.8, 4) is 5.82 Å². The van der Waals surface area contributed by atoms with E-state index in [1.54, 1.807) is 19.1 Å². The van der Waals surface area contributed by atoms with E-state index in [9.17, 15) is 10.0 Å². The summed E-state index contributed by atoms with van der Waals surface area (Å²) in [5.74, 6) is -0.356. The number of benzene rings is 1. The van der Waals surface area contributed by atoms with Gasteiger partial charge < -0.3 is 15.7 Å². The normalized spacial score (nSPS) is 10.9. The van der Waals surface area contributed by atoms with Crippen molar-refractivity contribution in [2.24, 2.45) is 0 Å².